The first-order valence-corrected chi connectivity index (χ1v) is 8.34. The first-order valence-electron chi connectivity index (χ1n) is 7.96. The van der Waals surface area contributed by atoms with Crippen LogP contribution in [-0.2, 0) is 0 Å². The van der Waals surface area contributed by atoms with Gasteiger partial charge in [-0.2, -0.15) is 5.26 Å². The summed E-state index contributed by atoms with van der Waals surface area (Å²) in [7, 11) is 1.52. The van der Waals surface area contributed by atoms with Gasteiger partial charge in [0.1, 0.15) is 5.75 Å². The van der Waals surface area contributed by atoms with Gasteiger partial charge in [0.15, 0.2) is 0 Å². The molecular formula is C20H15ClN4O2. The number of nitrogens with zero attached hydrogens (tertiary/aromatic N) is 2. The number of benzene rings is 2. The molecule has 0 fully saturated rings. The number of hydrogen-bond acceptors (Lipinski definition) is 5. The molecule has 0 aliphatic heterocycles. The third-order valence-electron chi connectivity index (χ3n) is 3.69. The number of amides is 1. The third-order valence-corrected chi connectivity index (χ3v) is 3.99. The molecule has 1 heterocycles. The van der Waals surface area contributed by atoms with Crippen LogP contribution < -0.4 is 15.4 Å². The molecule has 0 aliphatic rings. The molecular weight excluding hydrogens is 364 g/mol. The summed E-state index contributed by atoms with van der Waals surface area (Å²) in [6, 6.07) is 15.8. The molecule has 0 atom stereocenters. The molecule has 0 radical (unpaired) electrons. The number of pyridine rings is 1. The van der Waals surface area contributed by atoms with Crippen molar-refractivity contribution in [3.05, 3.63) is 77.1 Å². The van der Waals surface area contributed by atoms with Crippen LogP contribution >= 0.6 is 11.6 Å². The van der Waals surface area contributed by atoms with E-state index >= 15 is 0 Å². The molecule has 0 spiro atoms. The summed E-state index contributed by atoms with van der Waals surface area (Å²) in [4.78, 5) is 16.6. The normalized spacial score (nSPS) is 9.96. The van der Waals surface area contributed by atoms with Gasteiger partial charge in [-0.3, -0.25) is 9.78 Å². The predicted octanol–water partition coefficient (Wildman–Crippen LogP) is 4.61. The number of rotatable bonds is 5. The minimum atomic E-state index is -0.321. The van der Waals surface area contributed by atoms with Gasteiger partial charge in [0, 0.05) is 17.6 Å². The summed E-state index contributed by atoms with van der Waals surface area (Å²) in [5, 5.41) is 15.3. The van der Waals surface area contributed by atoms with Crippen LogP contribution in [0.25, 0.3) is 0 Å². The van der Waals surface area contributed by atoms with Gasteiger partial charge in [-0.1, -0.05) is 17.7 Å². The molecule has 2 aromatic carbocycles. The van der Waals surface area contributed by atoms with Crippen molar-refractivity contribution in [2.45, 2.75) is 0 Å². The second kappa shape index (κ2) is 8.21. The molecule has 1 amide bonds. The SMILES string of the molecule is COc1ccc(NC(=O)c2cncc(Nc3cccc(C#N)c3)c2)cc1Cl. The summed E-state index contributed by atoms with van der Waals surface area (Å²) >= 11 is 6.08. The molecule has 134 valence electrons. The Kier molecular flexibility index (Phi) is 5.55. The van der Waals surface area contributed by atoms with E-state index in [0.29, 0.717) is 33.3 Å². The molecule has 27 heavy (non-hydrogen) atoms. The number of methoxy groups -OCH3 is 1. The first kappa shape index (κ1) is 18.2. The van der Waals surface area contributed by atoms with Crippen molar-refractivity contribution in [1.29, 1.82) is 5.26 Å². The fourth-order valence-electron chi connectivity index (χ4n) is 2.41. The number of carbonyl (C=O) groups excluding carboxylic acids is 1. The van der Waals surface area contributed by atoms with Crippen LogP contribution in [0.3, 0.4) is 0 Å². The molecule has 6 nitrogen and oxygen atoms in total. The van der Waals surface area contributed by atoms with Gasteiger partial charge in [-0.05, 0) is 42.5 Å². The number of halogens is 1. The van der Waals surface area contributed by atoms with Crippen molar-refractivity contribution < 1.29 is 9.53 Å². The van der Waals surface area contributed by atoms with Gasteiger partial charge in [0.2, 0.25) is 0 Å². The maximum atomic E-state index is 12.5. The van der Waals surface area contributed by atoms with Crippen LogP contribution in [0.1, 0.15) is 15.9 Å². The Morgan fingerprint density at radius 2 is 1.96 bits per heavy atom. The van der Waals surface area contributed by atoms with Crippen LogP contribution in [0.2, 0.25) is 5.02 Å². The van der Waals surface area contributed by atoms with E-state index in [0.717, 1.165) is 5.69 Å². The fraction of sp³-hybridized carbons (Fsp3) is 0.0500. The number of nitrogens with one attached hydrogen (secondary N) is 2. The molecule has 0 aliphatic carbocycles. The maximum absolute atomic E-state index is 12.5. The highest BCUT2D eigenvalue weighted by Gasteiger charge is 2.10. The van der Waals surface area contributed by atoms with Crippen LogP contribution in [0.4, 0.5) is 17.1 Å². The molecule has 3 aromatic rings. The van der Waals surface area contributed by atoms with E-state index in [2.05, 4.69) is 21.7 Å². The Morgan fingerprint density at radius 1 is 1.11 bits per heavy atom. The molecule has 0 saturated carbocycles. The Hall–Kier alpha value is -3.56. The fourth-order valence-corrected chi connectivity index (χ4v) is 2.67. The maximum Gasteiger partial charge on any atom is 0.257 e. The highest BCUT2D eigenvalue weighted by atomic mass is 35.5. The van der Waals surface area contributed by atoms with Crippen molar-refractivity contribution in [2.75, 3.05) is 17.7 Å². The standard InChI is InChI=1S/C20H15ClN4O2/c1-27-19-6-5-16(9-18(19)21)25-20(26)14-8-17(12-23-11-14)24-15-4-2-3-13(7-15)10-22/h2-9,11-12,24H,1H3,(H,25,26). The molecule has 0 saturated heterocycles. The Balaban J connectivity index is 1.75. The van der Waals surface area contributed by atoms with Gasteiger partial charge < -0.3 is 15.4 Å². The van der Waals surface area contributed by atoms with E-state index in [-0.39, 0.29) is 5.91 Å². The lowest BCUT2D eigenvalue weighted by Gasteiger charge is -2.10. The topological polar surface area (TPSA) is 87.0 Å². The molecule has 3 rings (SSSR count). The number of carbonyl (C=O) groups is 1. The zero-order valence-electron chi connectivity index (χ0n) is 14.4. The van der Waals surface area contributed by atoms with E-state index in [4.69, 9.17) is 21.6 Å². The lowest BCUT2D eigenvalue weighted by molar-refractivity contribution is 0.102. The zero-order chi connectivity index (χ0) is 19.2. The molecule has 7 heteroatoms. The summed E-state index contributed by atoms with van der Waals surface area (Å²) in [5.41, 5.74) is 2.83. The third kappa shape index (κ3) is 4.54. The average Bonchev–Trinajstić information content (AvgIpc) is 2.68. The monoisotopic (exact) mass is 378 g/mol. The van der Waals surface area contributed by atoms with Gasteiger partial charge in [-0.25, -0.2) is 0 Å². The van der Waals surface area contributed by atoms with Crippen molar-refractivity contribution in [3.8, 4) is 11.8 Å². The predicted molar refractivity (Wildman–Crippen MR) is 105 cm³/mol. The molecule has 0 unspecified atom stereocenters. The van der Waals surface area contributed by atoms with E-state index in [9.17, 15) is 4.79 Å². The Bertz CT molecular complexity index is 1030. The second-order valence-corrected chi connectivity index (χ2v) is 5.99. The average molecular weight is 379 g/mol. The van der Waals surface area contributed by atoms with Gasteiger partial charge in [0.05, 0.1) is 41.2 Å². The van der Waals surface area contributed by atoms with Crippen molar-refractivity contribution >= 4 is 34.6 Å². The van der Waals surface area contributed by atoms with Crippen LogP contribution in [0, 0.1) is 11.3 Å². The van der Waals surface area contributed by atoms with Gasteiger partial charge >= 0.3 is 0 Å². The van der Waals surface area contributed by atoms with E-state index in [1.807, 2.05) is 6.07 Å². The summed E-state index contributed by atoms with van der Waals surface area (Å²) in [6.45, 7) is 0. The Morgan fingerprint density at radius 3 is 2.70 bits per heavy atom. The highest BCUT2D eigenvalue weighted by Crippen LogP contribution is 2.27. The first-order chi connectivity index (χ1) is 13.1. The van der Waals surface area contributed by atoms with Crippen molar-refractivity contribution in [1.82, 2.24) is 4.98 Å². The van der Waals surface area contributed by atoms with Crippen molar-refractivity contribution in [2.24, 2.45) is 0 Å². The van der Waals surface area contributed by atoms with E-state index in [1.165, 1.54) is 13.3 Å². The number of nitriles is 1. The van der Waals surface area contributed by atoms with Crippen LogP contribution in [0.5, 0.6) is 5.75 Å². The second-order valence-electron chi connectivity index (χ2n) is 5.58. The zero-order valence-corrected chi connectivity index (χ0v) is 15.1. The summed E-state index contributed by atoms with van der Waals surface area (Å²) in [5.74, 6) is 0.209. The van der Waals surface area contributed by atoms with Gasteiger partial charge in [0.25, 0.3) is 5.91 Å². The highest BCUT2D eigenvalue weighted by molar-refractivity contribution is 6.32. The number of anilines is 3. The minimum Gasteiger partial charge on any atom is -0.495 e. The lowest BCUT2D eigenvalue weighted by Crippen LogP contribution is -2.12. The lowest BCUT2D eigenvalue weighted by atomic mass is 10.2. The van der Waals surface area contributed by atoms with Crippen LogP contribution in [0.15, 0.2) is 60.9 Å². The number of aromatic nitrogens is 1. The summed E-state index contributed by atoms with van der Waals surface area (Å²) < 4.78 is 5.10. The molecule has 0 bridgehead atoms. The summed E-state index contributed by atoms with van der Waals surface area (Å²) in [6.07, 6.45) is 3.07. The number of ether oxygens (including phenoxy) is 1. The minimum absolute atomic E-state index is 0.321. The van der Waals surface area contributed by atoms with E-state index < -0.39 is 0 Å². The molecule has 2 N–H and O–H groups in total. The quantitative estimate of drug-likeness (QED) is 0.676. The largest absolute Gasteiger partial charge is 0.495 e. The smallest absolute Gasteiger partial charge is 0.257 e. The van der Waals surface area contributed by atoms with E-state index in [1.54, 1.807) is 48.7 Å². The van der Waals surface area contributed by atoms with Crippen LogP contribution in [-0.4, -0.2) is 18.0 Å². The Labute approximate surface area is 161 Å². The number of hydrogen-bond donors (Lipinski definition) is 2. The van der Waals surface area contributed by atoms with Gasteiger partial charge in [-0.15, -0.1) is 0 Å². The molecule has 1 aromatic heterocycles. The van der Waals surface area contributed by atoms with Crippen molar-refractivity contribution in [3.63, 3.8) is 0 Å².